The van der Waals surface area contributed by atoms with Crippen LogP contribution in [0.25, 0.3) is 5.65 Å². The molecule has 0 saturated carbocycles. The Labute approximate surface area is 224 Å². The monoisotopic (exact) mass is 588 g/mol. The highest BCUT2D eigenvalue weighted by molar-refractivity contribution is 5.73. The van der Waals surface area contributed by atoms with Gasteiger partial charge in [-0.1, -0.05) is 0 Å². The van der Waals surface area contributed by atoms with E-state index in [9.17, 15) is 26.3 Å². The fourth-order valence-electron chi connectivity index (χ4n) is 4.60. The van der Waals surface area contributed by atoms with E-state index in [1.54, 1.807) is 18.0 Å². The predicted octanol–water partition coefficient (Wildman–Crippen LogP) is 2.20. The summed E-state index contributed by atoms with van der Waals surface area (Å²) in [5.41, 5.74) is 1.13. The first-order valence-electron chi connectivity index (χ1n) is 11.9. The number of hydrogen-bond acceptors (Lipinski definition) is 9. The molecule has 1 unspecified atom stereocenters. The van der Waals surface area contributed by atoms with Crippen molar-refractivity contribution < 1.29 is 55.6 Å². The van der Waals surface area contributed by atoms with Gasteiger partial charge in [0, 0.05) is 52.9 Å². The van der Waals surface area contributed by atoms with E-state index in [0.29, 0.717) is 11.3 Å². The lowest BCUT2D eigenvalue weighted by Crippen LogP contribution is -2.45. The number of likely N-dealkylation sites (tertiary alicyclic amines) is 1. The lowest BCUT2D eigenvalue weighted by Gasteiger charge is -2.43. The number of methoxy groups -OCH3 is 2. The lowest BCUT2D eigenvalue weighted by atomic mass is 9.71. The normalized spacial score (nSPS) is 19.1. The van der Waals surface area contributed by atoms with Gasteiger partial charge in [-0.2, -0.15) is 30.9 Å². The molecule has 4 heterocycles. The number of rotatable bonds is 6. The first-order chi connectivity index (χ1) is 18.6. The molecule has 0 radical (unpaired) electrons. The van der Waals surface area contributed by atoms with Gasteiger partial charge in [-0.3, -0.25) is 0 Å². The largest absolute Gasteiger partial charge is 0.490 e. The van der Waals surface area contributed by atoms with Crippen LogP contribution in [0.5, 0.6) is 0 Å². The number of nitrogens with zero attached hydrogens (tertiary/aromatic N) is 6. The molecule has 18 heteroatoms. The third-order valence-electron chi connectivity index (χ3n) is 6.58. The Morgan fingerprint density at radius 1 is 1.02 bits per heavy atom. The minimum atomic E-state index is -5.08. The number of aliphatic carboxylic acids is 2. The number of halogens is 6. The maximum Gasteiger partial charge on any atom is 0.490 e. The summed E-state index contributed by atoms with van der Waals surface area (Å²) < 4.78 is 76.0. The van der Waals surface area contributed by atoms with Gasteiger partial charge in [-0.25, -0.2) is 9.59 Å². The standard InChI is InChI=1S/C18H28N6O2.2C2HF3O2/c1-25-10-9-22-11-15(12-26-2)18(13-22)5-7-23(8-6-18)17-4-3-16-20-19-14-24(16)21-17;2*3-2(4,5)1(6)7/h3-4,14-15H,5-13H2,1-2H3;2*(H,6,7). The maximum absolute atomic E-state index is 10.6. The van der Waals surface area contributed by atoms with Gasteiger partial charge in [0.25, 0.3) is 0 Å². The number of aromatic nitrogens is 4. The topological polar surface area (TPSA) is 143 Å². The van der Waals surface area contributed by atoms with Gasteiger partial charge >= 0.3 is 24.3 Å². The van der Waals surface area contributed by atoms with Crippen molar-refractivity contribution in [2.75, 3.05) is 65.1 Å². The zero-order chi connectivity index (χ0) is 30.1. The van der Waals surface area contributed by atoms with Gasteiger partial charge in [0.15, 0.2) is 5.65 Å². The van der Waals surface area contributed by atoms with E-state index in [4.69, 9.17) is 29.3 Å². The van der Waals surface area contributed by atoms with E-state index in [2.05, 4.69) is 25.1 Å². The number of ether oxygens (including phenoxy) is 2. The third kappa shape index (κ3) is 9.16. The Morgan fingerprint density at radius 2 is 1.60 bits per heavy atom. The Morgan fingerprint density at radius 3 is 2.10 bits per heavy atom. The average Bonchev–Trinajstić information content (AvgIpc) is 3.47. The molecule has 2 fully saturated rings. The molecule has 2 aliphatic heterocycles. The first kappa shape index (κ1) is 33.0. The Kier molecular flexibility index (Phi) is 11.4. The van der Waals surface area contributed by atoms with Crippen molar-refractivity contribution in [1.82, 2.24) is 24.7 Å². The quantitative estimate of drug-likeness (QED) is 0.480. The molecule has 2 aliphatic rings. The number of fused-ring (bicyclic) bond motifs is 1. The van der Waals surface area contributed by atoms with Crippen LogP contribution in [0.1, 0.15) is 12.8 Å². The van der Waals surface area contributed by atoms with Gasteiger partial charge in [-0.05, 0) is 30.4 Å². The molecule has 12 nitrogen and oxygen atoms in total. The molecule has 4 rings (SSSR count). The minimum Gasteiger partial charge on any atom is -0.475 e. The summed E-state index contributed by atoms with van der Waals surface area (Å²) in [6.45, 7) is 6.96. The molecule has 40 heavy (non-hydrogen) atoms. The van der Waals surface area contributed by atoms with E-state index >= 15 is 0 Å². The van der Waals surface area contributed by atoms with E-state index < -0.39 is 24.3 Å². The zero-order valence-corrected chi connectivity index (χ0v) is 21.7. The molecule has 2 aromatic heterocycles. The highest BCUT2D eigenvalue weighted by atomic mass is 19.4. The maximum atomic E-state index is 10.6. The van der Waals surface area contributed by atoms with Crippen LogP contribution in [-0.4, -0.2) is 119 Å². The van der Waals surface area contributed by atoms with Crippen LogP contribution in [0.3, 0.4) is 0 Å². The van der Waals surface area contributed by atoms with Crippen LogP contribution in [0.2, 0.25) is 0 Å². The molecule has 0 aliphatic carbocycles. The van der Waals surface area contributed by atoms with Crippen molar-refractivity contribution in [2.45, 2.75) is 25.2 Å². The molecule has 0 amide bonds. The molecular weight excluding hydrogens is 558 g/mol. The highest BCUT2D eigenvalue weighted by Gasteiger charge is 2.47. The number of hydrogen-bond donors (Lipinski definition) is 2. The summed E-state index contributed by atoms with van der Waals surface area (Å²) in [7, 11) is 3.59. The van der Waals surface area contributed by atoms with E-state index in [-0.39, 0.29) is 0 Å². The second kappa shape index (κ2) is 13.9. The molecule has 0 bridgehead atoms. The molecule has 226 valence electrons. The number of carboxylic acid groups (broad SMARTS) is 2. The van der Waals surface area contributed by atoms with Gasteiger partial charge in [0.1, 0.15) is 12.1 Å². The van der Waals surface area contributed by atoms with Crippen LogP contribution in [0.4, 0.5) is 32.2 Å². The summed E-state index contributed by atoms with van der Waals surface area (Å²) in [6, 6.07) is 4.03. The zero-order valence-electron chi connectivity index (χ0n) is 21.7. The van der Waals surface area contributed by atoms with Crippen LogP contribution in [0, 0.1) is 11.3 Å². The Hall–Kier alpha value is -3.25. The van der Waals surface area contributed by atoms with Gasteiger partial charge in [-0.15, -0.1) is 15.3 Å². The van der Waals surface area contributed by atoms with E-state index in [1.807, 2.05) is 19.2 Å². The van der Waals surface area contributed by atoms with Crippen molar-refractivity contribution in [3.05, 3.63) is 18.5 Å². The van der Waals surface area contributed by atoms with Crippen LogP contribution >= 0.6 is 0 Å². The second-order valence-corrected chi connectivity index (χ2v) is 9.16. The molecule has 2 N–H and O–H groups in total. The van der Waals surface area contributed by atoms with Gasteiger partial charge in [0.2, 0.25) is 0 Å². The summed E-state index contributed by atoms with van der Waals surface area (Å²) in [5, 5.41) is 26.8. The summed E-state index contributed by atoms with van der Waals surface area (Å²) in [6.07, 6.45) is -6.16. The van der Waals surface area contributed by atoms with Crippen molar-refractivity contribution in [1.29, 1.82) is 0 Å². The molecule has 1 spiro atoms. The minimum absolute atomic E-state index is 0.348. The summed E-state index contributed by atoms with van der Waals surface area (Å²) >= 11 is 0. The van der Waals surface area contributed by atoms with E-state index in [1.165, 1.54) is 12.8 Å². The predicted molar refractivity (Wildman–Crippen MR) is 126 cm³/mol. The Balaban J connectivity index is 0.000000333. The lowest BCUT2D eigenvalue weighted by molar-refractivity contribution is -0.193. The molecular formula is C22H30F6N6O6. The van der Waals surface area contributed by atoms with E-state index in [0.717, 1.165) is 57.4 Å². The number of alkyl halides is 6. The van der Waals surface area contributed by atoms with Crippen LogP contribution < -0.4 is 4.90 Å². The fraction of sp³-hybridized carbons (Fsp3) is 0.682. The van der Waals surface area contributed by atoms with Gasteiger partial charge < -0.3 is 29.5 Å². The molecule has 2 saturated heterocycles. The van der Waals surface area contributed by atoms with Crippen molar-refractivity contribution in [2.24, 2.45) is 11.3 Å². The van der Waals surface area contributed by atoms with Crippen molar-refractivity contribution in [3.8, 4) is 0 Å². The fourth-order valence-corrected chi connectivity index (χ4v) is 4.60. The number of anilines is 1. The second-order valence-electron chi connectivity index (χ2n) is 9.16. The van der Waals surface area contributed by atoms with Gasteiger partial charge in [0.05, 0.1) is 13.2 Å². The number of carboxylic acids is 2. The Bertz CT molecular complexity index is 1080. The highest BCUT2D eigenvalue weighted by Crippen LogP contribution is 2.45. The van der Waals surface area contributed by atoms with Crippen LogP contribution in [0.15, 0.2) is 18.5 Å². The average molecular weight is 589 g/mol. The van der Waals surface area contributed by atoms with Crippen molar-refractivity contribution in [3.63, 3.8) is 0 Å². The molecule has 0 aromatic carbocycles. The summed E-state index contributed by atoms with van der Waals surface area (Å²) in [4.78, 5) is 22.7. The molecule has 1 atom stereocenters. The first-order valence-corrected chi connectivity index (χ1v) is 11.9. The third-order valence-corrected chi connectivity index (χ3v) is 6.58. The van der Waals surface area contributed by atoms with Crippen LogP contribution in [-0.2, 0) is 19.1 Å². The van der Waals surface area contributed by atoms with Crippen molar-refractivity contribution >= 4 is 23.4 Å². The molecule has 2 aromatic rings. The SMILES string of the molecule is COCCN1CC(COC)C2(CCN(c3ccc4nncn4n3)CC2)C1.O=C(O)C(F)(F)F.O=C(O)C(F)(F)F. The number of piperidine rings is 1. The smallest absolute Gasteiger partial charge is 0.475 e. The number of carbonyl (C=O) groups is 2. The summed E-state index contributed by atoms with van der Waals surface area (Å²) in [5.74, 6) is -3.91.